The van der Waals surface area contributed by atoms with Gasteiger partial charge < -0.3 is 5.32 Å². The fourth-order valence-corrected chi connectivity index (χ4v) is 1.36. The summed E-state index contributed by atoms with van der Waals surface area (Å²) in [6.07, 6.45) is 0.527. The van der Waals surface area contributed by atoms with Crippen LogP contribution in [0.4, 0.5) is 0 Å². The normalized spacial score (nSPS) is 16.7. The van der Waals surface area contributed by atoms with Gasteiger partial charge in [-0.3, -0.25) is 9.79 Å². The molecule has 1 aliphatic rings. The van der Waals surface area contributed by atoms with Crippen LogP contribution in [-0.4, -0.2) is 23.4 Å². The first-order valence-corrected chi connectivity index (χ1v) is 4.28. The summed E-state index contributed by atoms with van der Waals surface area (Å²) in [6, 6.07) is 0. The van der Waals surface area contributed by atoms with Gasteiger partial charge in [-0.25, -0.2) is 0 Å². The molecule has 4 heteroatoms. The molecule has 56 valence electrons. The van der Waals surface area contributed by atoms with Crippen LogP contribution in [0.1, 0.15) is 13.3 Å². The summed E-state index contributed by atoms with van der Waals surface area (Å²) in [6.45, 7) is 2.67. The summed E-state index contributed by atoms with van der Waals surface area (Å²) in [5.74, 6) is 1.05. The monoisotopic (exact) mass is 158 g/mol. The van der Waals surface area contributed by atoms with E-state index in [1.54, 1.807) is 11.8 Å². The minimum absolute atomic E-state index is 0.0492. The van der Waals surface area contributed by atoms with E-state index in [4.69, 9.17) is 0 Å². The molecule has 1 aliphatic heterocycles. The molecule has 3 nitrogen and oxygen atoms in total. The highest BCUT2D eigenvalue weighted by Crippen LogP contribution is 2.08. The predicted molar refractivity (Wildman–Crippen MR) is 43.2 cm³/mol. The molecule has 0 unspecified atom stereocenters. The topological polar surface area (TPSA) is 41.5 Å². The van der Waals surface area contributed by atoms with Gasteiger partial charge in [0.1, 0.15) is 0 Å². The van der Waals surface area contributed by atoms with E-state index >= 15 is 0 Å². The van der Waals surface area contributed by atoms with Gasteiger partial charge in [0.2, 0.25) is 5.91 Å². The molecule has 1 rings (SSSR count). The first-order valence-electron chi connectivity index (χ1n) is 3.30. The van der Waals surface area contributed by atoms with E-state index in [-0.39, 0.29) is 5.91 Å². The first kappa shape index (κ1) is 7.60. The Morgan fingerprint density at radius 2 is 2.70 bits per heavy atom. The number of carbonyl (C=O) groups excluding carboxylic acids is 1. The van der Waals surface area contributed by atoms with Crippen molar-refractivity contribution in [3.8, 4) is 0 Å². The fraction of sp³-hybridized carbons (Fsp3) is 0.667. The molecule has 0 aliphatic carbocycles. The highest BCUT2D eigenvalue weighted by atomic mass is 32.2. The van der Waals surface area contributed by atoms with E-state index in [1.165, 1.54) is 0 Å². The lowest BCUT2D eigenvalue weighted by Crippen LogP contribution is -2.26. The Hall–Kier alpha value is -0.510. The summed E-state index contributed by atoms with van der Waals surface area (Å²) in [4.78, 5) is 14.8. The highest BCUT2D eigenvalue weighted by Gasteiger charge is 2.08. The Bertz CT molecular complexity index is 167. The highest BCUT2D eigenvalue weighted by molar-refractivity contribution is 8.14. The summed E-state index contributed by atoms with van der Waals surface area (Å²) < 4.78 is 0. The number of hydrogen-bond donors (Lipinski definition) is 1. The molecular formula is C6H10N2OS. The Morgan fingerprint density at radius 1 is 1.90 bits per heavy atom. The van der Waals surface area contributed by atoms with Crippen molar-refractivity contribution in [2.45, 2.75) is 13.3 Å². The Morgan fingerprint density at radius 3 is 3.20 bits per heavy atom. The maximum Gasteiger partial charge on any atom is 0.225 e. The van der Waals surface area contributed by atoms with Crippen LogP contribution in [0, 0.1) is 0 Å². The van der Waals surface area contributed by atoms with Crippen LogP contribution in [0.15, 0.2) is 4.99 Å². The second kappa shape index (κ2) is 3.61. The largest absolute Gasteiger partial charge is 0.305 e. The van der Waals surface area contributed by atoms with Gasteiger partial charge in [-0.15, -0.1) is 0 Å². The van der Waals surface area contributed by atoms with E-state index in [9.17, 15) is 4.79 Å². The lowest BCUT2D eigenvalue weighted by molar-refractivity contribution is -0.119. The number of rotatable bonds is 1. The number of nitrogens with zero attached hydrogens (tertiary/aromatic N) is 1. The maximum atomic E-state index is 10.8. The number of carbonyl (C=O) groups is 1. The molecule has 0 spiro atoms. The molecule has 1 N–H and O–H groups in total. The Kier molecular flexibility index (Phi) is 2.74. The minimum Gasteiger partial charge on any atom is -0.305 e. The first-order chi connectivity index (χ1) is 4.83. The van der Waals surface area contributed by atoms with E-state index in [1.807, 2.05) is 6.92 Å². The number of aliphatic imine (C=N–C) groups is 1. The van der Waals surface area contributed by atoms with E-state index in [2.05, 4.69) is 10.3 Å². The quantitative estimate of drug-likeness (QED) is 0.607. The second-order valence-corrected chi connectivity index (χ2v) is 3.02. The Balaban J connectivity index is 2.30. The molecule has 0 radical (unpaired) electrons. The van der Waals surface area contributed by atoms with Crippen LogP contribution < -0.4 is 5.32 Å². The third-order valence-corrected chi connectivity index (χ3v) is 2.04. The third kappa shape index (κ3) is 2.02. The average molecular weight is 158 g/mol. The number of nitrogens with one attached hydrogen (secondary N) is 1. The van der Waals surface area contributed by atoms with Gasteiger partial charge in [0.25, 0.3) is 0 Å². The number of amidine groups is 1. The summed E-state index contributed by atoms with van der Waals surface area (Å²) in [5.41, 5.74) is 0. The number of amides is 1. The molecule has 0 aromatic carbocycles. The van der Waals surface area contributed by atoms with E-state index in [0.717, 1.165) is 17.5 Å². The van der Waals surface area contributed by atoms with Gasteiger partial charge in [-0.05, 0) is 0 Å². The van der Waals surface area contributed by atoms with Gasteiger partial charge in [-0.2, -0.15) is 0 Å². The zero-order valence-corrected chi connectivity index (χ0v) is 6.70. The maximum absolute atomic E-state index is 10.8. The van der Waals surface area contributed by atoms with Crippen molar-refractivity contribution in [3.63, 3.8) is 0 Å². The third-order valence-electron chi connectivity index (χ3n) is 1.15. The second-order valence-electron chi connectivity index (χ2n) is 1.94. The average Bonchev–Trinajstić information content (AvgIpc) is 2.40. The SMILES string of the molecule is CCC(=O)NC1=NCCS1. The smallest absolute Gasteiger partial charge is 0.225 e. The van der Waals surface area contributed by atoms with Crippen molar-refractivity contribution in [2.75, 3.05) is 12.3 Å². The van der Waals surface area contributed by atoms with E-state index in [0.29, 0.717) is 6.42 Å². The van der Waals surface area contributed by atoms with Crippen LogP contribution in [-0.2, 0) is 4.79 Å². The fourth-order valence-electron chi connectivity index (χ4n) is 0.618. The van der Waals surface area contributed by atoms with Crippen LogP contribution in [0.25, 0.3) is 0 Å². The molecule has 10 heavy (non-hydrogen) atoms. The van der Waals surface area contributed by atoms with Crippen molar-refractivity contribution >= 4 is 22.8 Å². The minimum atomic E-state index is 0.0492. The molecule has 0 saturated heterocycles. The molecule has 0 aromatic heterocycles. The van der Waals surface area contributed by atoms with Crippen molar-refractivity contribution in [2.24, 2.45) is 4.99 Å². The lowest BCUT2D eigenvalue weighted by atomic mass is 10.5. The predicted octanol–water partition coefficient (Wildman–Crippen LogP) is 0.615. The summed E-state index contributed by atoms with van der Waals surface area (Å²) >= 11 is 1.60. The summed E-state index contributed by atoms with van der Waals surface area (Å²) in [7, 11) is 0. The zero-order valence-electron chi connectivity index (χ0n) is 5.89. The standard InChI is InChI=1S/C6H10N2OS/c1-2-5(9)8-6-7-3-4-10-6/h2-4H2,1H3,(H,7,8,9). The van der Waals surface area contributed by atoms with Gasteiger partial charge >= 0.3 is 0 Å². The van der Waals surface area contributed by atoms with Crippen LogP contribution in [0.3, 0.4) is 0 Å². The number of thioether (sulfide) groups is 1. The summed E-state index contributed by atoms with van der Waals surface area (Å²) in [5, 5.41) is 3.49. The van der Waals surface area contributed by atoms with Crippen LogP contribution >= 0.6 is 11.8 Å². The van der Waals surface area contributed by atoms with Gasteiger partial charge in [-0.1, -0.05) is 18.7 Å². The van der Waals surface area contributed by atoms with Gasteiger partial charge in [0.15, 0.2) is 5.17 Å². The van der Waals surface area contributed by atoms with Crippen LogP contribution in [0.2, 0.25) is 0 Å². The molecule has 0 saturated carbocycles. The molecule has 0 fully saturated rings. The van der Waals surface area contributed by atoms with Gasteiger partial charge in [0, 0.05) is 12.2 Å². The molecule has 1 amide bonds. The molecule has 0 atom stereocenters. The molecule has 0 aromatic rings. The van der Waals surface area contributed by atoms with Crippen LogP contribution in [0.5, 0.6) is 0 Å². The van der Waals surface area contributed by atoms with Crippen molar-refractivity contribution in [3.05, 3.63) is 0 Å². The van der Waals surface area contributed by atoms with Crippen molar-refractivity contribution < 1.29 is 4.79 Å². The Labute approximate surface area is 64.3 Å². The van der Waals surface area contributed by atoms with E-state index < -0.39 is 0 Å². The van der Waals surface area contributed by atoms with Crippen molar-refractivity contribution in [1.82, 2.24) is 5.32 Å². The van der Waals surface area contributed by atoms with Gasteiger partial charge in [0.05, 0.1) is 6.54 Å². The zero-order chi connectivity index (χ0) is 7.40. The molecule has 1 heterocycles. The molecule has 0 bridgehead atoms. The lowest BCUT2D eigenvalue weighted by Gasteiger charge is -1.98. The number of hydrogen-bond acceptors (Lipinski definition) is 3. The van der Waals surface area contributed by atoms with Crippen molar-refractivity contribution in [1.29, 1.82) is 0 Å². The molecular weight excluding hydrogens is 148 g/mol.